The third-order valence-corrected chi connectivity index (χ3v) is 5.82. The van der Waals surface area contributed by atoms with E-state index in [4.69, 9.17) is 10.1 Å². The van der Waals surface area contributed by atoms with E-state index in [0.29, 0.717) is 39.1 Å². The number of nitrogens with zero attached hydrogens (tertiary/aromatic N) is 1. The molecule has 0 aliphatic heterocycles. The van der Waals surface area contributed by atoms with Gasteiger partial charge in [-0.15, -0.1) is 11.3 Å². The van der Waals surface area contributed by atoms with Crippen LogP contribution in [0.15, 0.2) is 47.3 Å². The van der Waals surface area contributed by atoms with Gasteiger partial charge in [0.15, 0.2) is 5.43 Å². The van der Waals surface area contributed by atoms with Crippen LogP contribution in [0.3, 0.4) is 0 Å². The van der Waals surface area contributed by atoms with Crippen LogP contribution in [0.4, 0.5) is 10.2 Å². The molecule has 0 spiro atoms. The second-order valence-electron chi connectivity index (χ2n) is 6.48. The summed E-state index contributed by atoms with van der Waals surface area (Å²) in [6.45, 7) is 2.07. The third-order valence-electron chi connectivity index (χ3n) is 4.60. The van der Waals surface area contributed by atoms with Crippen LogP contribution in [0, 0.1) is 5.82 Å². The predicted octanol–water partition coefficient (Wildman–Crippen LogP) is 3.49. The molecule has 0 fully saturated rings. The molecule has 0 aliphatic rings. The molecule has 144 valence electrons. The Morgan fingerprint density at radius 3 is 2.68 bits per heavy atom. The fourth-order valence-corrected chi connectivity index (χ4v) is 4.45. The zero-order chi connectivity index (χ0) is 19.5. The number of hydrogen-bond acceptors (Lipinski definition) is 6. The van der Waals surface area contributed by atoms with E-state index in [-0.39, 0.29) is 12.0 Å². The van der Waals surface area contributed by atoms with E-state index >= 15 is 0 Å². The number of anilines is 1. The Bertz CT molecular complexity index is 1210. The first kappa shape index (κ1) is 18.7. The second kappa shape index (κ2) is 8.18. The highest BCUT2D eigenvalue weighted by Crippen LogP contribution is 2.34. The summed E-state index contributed by atoms with van der Waals surface area (Å²) in [5.41, 5.74) is 0.561. The van der Waals surface area contributed by atoms with Gasteiger partial charge in [-0.3, -0.25) is 4.79 Å². The van der Waals surface area contributed by atoms with Crippen molar-refractivity contribution in [2.75, 3.05) is 31.6 Å². The summed E-state index contributed by atoms with van der Waals surface area (Å²) in [5.74, 6) is 0.205. The summed E-state index contributed by atoms with van der Waals surface area (Å²) in [4.78, 5) is 17.9. The van der Waals surface area contributed by atoms with Gasteiger partial charge in [-0.1, -0.05) is 24.3 Å². The number of halogens is 1. The minimum absolute atomic E-state index is 0.108. The van der Waals surface area contributed by atoms with Crippen molar-refractivity contribution in [1.82, 2.24) is 10.3 Å². The van der Waals surface area contributed by atoms with Gasteiger partial charge in [0.25, 0.3) is 0 Å². The van der Waals surface area contributed by atoms with Crippen LogP contribution in [0.2, 0.25) is 0 Å². The van der Waals surface area contributed by atoms with E-state index < -0.39 is 5.82 Å². The molecule has 2 aromatic carbocycles. The number of nitrogens with one attached hydrogen (secondary N) is 2. The number of para-hydroxylation sites is 1. The molecule has 4 aromatic rings. The molecule has 0 atom stereocenters. The quantitative estimate of drug-likeness (QED) is 0.253. The van der Waals surface area contributed by atoms with Crippen LogP contribution in [0.25, 0.3) is 31.1 Å². The maximum absolute atomic E-state index is 14.4. The van der Waals surface area contributed by atoms with Gasteiger partial charge in [0.1, 0.15) is 11.6 Å². The minimum atomic E-state index is -0.395. The number of rotatable bonds is 7. The number of hydrogen-bond donors (Lipinski definition) is 3. The van der Waals surface area contributed by atoms with E-state index in [2.05, 4.69) is 10.6 Å². The Balaban J connectivity index is 1.84. The normalized spacial score (nSPS) is 11.5. The van der Waals surface area contributed by atoms with E-state index in [1.165, 1.54) is 17.4 Å². The van der Waals surface area contributed by atoms with E-state index in [0.717, 1.165) is 23.9 Å². The minimum Gasteiger partial charge on any atom is -0.395 e. The fourth-order valence-electron chi connectivity index (χ4n) is 3.29. The Kier molecular flexibility index (Phi) is 5.47. The van der Waals surface area contributed by atoms with Crippen LogP contribution >= 0.6 is 11.3 Å². The van der Waals surface area contributed by atoms with E-state index in [9.17, 15) is 9.18 Å². The van der Waals surface area contributed by atoms with Crippen LogP contribution < -0.4 is 16.1 Å². The smallest absolute Gasteiger partial charge is 0.196 e. The average molecular weight is 397 g/mol. The summed E-state index contributed by atoms with van der Waals surface area (Å²) in [6, 6.07) is 12.1. The first-order chi connectivity index (χ1) is 13.7. The lowest BCUT2D eigenvalue weighted by molar-refractivity contribution is 0.292. The highest BCUT2D eigenvalue weighted by Gasteiger charge is 2.16. The number of pyridine rings is 1. The summed E-state index contributed by atoms with van der Waals surface area (Å²) in [6.07, 6.45) is 0.826. The summed E-state index contributed by atoms with van der Waals surface area (Å²) in [7, 11) is 0. The molecule has 0 bridgehead atoms. The molecular weight excluding hydrogens is 377 g/mol. The number of aliphatic hydroxyl groups excluding tert-OH is 1. The standard InChI is InChI=1S/C21H20FN3O2S/c22-15-7-3-6-14-18(27)17-13-5-1-2-8-16(13)25-21(20(17)28-19(14)15)24-10-4-9-23-11-12-26/h1-3,5-8,23,26H,4,9-12H2,(H,24,25). The van der Waals surface area contributed by atoms with Crippen molar-refractivity contribution in [2.24, 2.45) is 0 Å². The summed E-state index contributed by atoms with van der Waals surface area (Å²) in [5, 5.41) is 17.0. The highest BCUT2D eigenvalue weighted by atomic mass is 32.1. The molecule has 0 saturated carbocycles. The van der Waals surface area contributed by atoms with Crippen LogP contribution in [0.1, 0.15) is 6.42 Å². The van der Waals surface area contributed by atoms with Crippen molar-refractivity contribution in [3.05, 3.63) is 58.5 Å². The molecule has 0 radical (unpaired) electrons. The number of fused-ring (bicyclic) bond motifs is 4. The lowest BCUT2D eigenvalue weighted by Gasteiger charge is -2.12. The maximum atomic E-state index is 14.4. The summed E-state index contributed by atoms with van der Waals surface area (Å²) >= 11 is 1.26. The van der Waals surface area contributed by atoms with Gasteiger partial charge in [-0.25, -0.2) is 9.37 Å². The second-order valence-corrected chi connectivity index (χ2v) is 7.50. The van der Waals surface area contributed by atoms with Gasteiger partial charge in [-0.2, -0.15) is 0 Å². The first-order valence-electron chi connectivity index (χ1n) is 9.20. The Hall–Kier alpha value is -2.61. The molecule has 5 nitrogen and oxygen atoms in total. The van der Waals surface area contributed by atoms with Crippen molar-refractivity contribution in [3.8, 4) is 0 Å². The number of benzene rings is 2. The monoisotopic (exact) mass is 397 g/mol. The van der Waals surface area contributed by atoms with Gasteiger partial charge in [-0.05, 0) is 31.2 Å². The van der Waals surface area contributed by atoms with Gasteiger partial charge in [0.05, 0.1) is 26.9 Å². The topological polar surface area (TPSA) is 74.2 Å². The molecule has 2 heterocycles. The molecule has 4 rings (SSSR count). The van der Waals surface area contributed by atoms with Crippen molar-refractivity contribution < 1.29 is 9.50 Å². The summed E-state index contributed by atoms with van der Waals surface area (Å²) < 4.78 is 15.4. The van der Waals surface area contributed by atoms with E-state index in [1.54, 1.807) is 12.1 Å². The first-order valence-corrected chi connectivity index (χ1v) is 10.0. The Morgan fingerprint density at radius 2 is 1.82 bits per heavy atom. The Labute approximate surface area is 164 Å². The zero-order valence-corrected chi connectivity index (χ0v) is 16.0. The molecule has 2 aromatic heterocycles. The van der Waals surface area contributed by atoms with Crippen molar-refractivity contribution in [3.63, 3.8) is 0 Å². The van der Waals surface area contributed by atoms with Crippen LogP contribution in [-0.4, -0.2) is 36.3 Å². The lowest BCUT2D eigenvalue weighted by Crippen LogP contribution is -2.21. The van der Waals surface area contributed by atoms with Gasteiger partial charge < -0.3 is 15.7 Å². The van der Waals surface area contributed by atoms with Crippen LogP contribution in [-0.2, 0) is 0 Å². The van der Waals surface area contributed by atoms with Crippen molar-refractivity contribution in [2.45, 2.75) is 6.42 Å². The van der Waals surface area contributed by atoms with Gasteiger partial charge in [0, 0.05) is 23.9 Å². The predicted molar refractivity (Wildman–Crippen MR) is 114 cm³/mol. The van der Waals surface area contributed by atoms with Crippen molar-refractivity contribution >= 4 is 48.2 Å². The molecular formula is C21H20FN3O2S. The van der Waals surface area contributed by atoms with Crippen molar-refractivity contribution in [1.29, 1.82) is 0 Å². The zero-order valence-electron chi connectivity index (χ0n) is 15.2. The van der Waals surface area contributed by atoms with E-state index in [1.807, 2.05) is 24.3 Å². The molecule has 7 heteroatoms. The third kappa shape index (κ3) is 3.44. The van der Waals surface area contributed by atoms with Crippen LogP contribution in [0.5, 0.6) is 0 Å². The molecule has 0 amide bonds. The fraction of sp³-hybridized carbons (Fsp3) is 0.238. The highest BCUT2D eigenvalue weighted by molar-refractivity contribution is 7.25. The SMILES string of the molecule is O=c1c2cccc(F)c2sc2c(NCCCNCCO)nc3ccccc3c12. The Morgan fingerprint density at radius 1 is 1.00 bits per heavy atom. The largest absolute Gasteiger partial charge is 0.395 e. The van der Waals surface area contributed by atoms with Gasteiger partial charge in [0.2, 0.25) is 0 Å². The molecule has 0 saturated heterocycles. The molecule has 0 unspecified atom stereocenters. The number of aliphatic hydroxyl groups is 1. The lowest BCUT2D eigenvalue weighted by atomic mass is 10.1. The maximum Gasteiger partial charge on any atom is 0.196 e. The van der Waals surface area contributed by atoms with Gasteiger partial charge >= 0.3 is 0 Å². The molecule has 3 N–H and O–H groups in total. The average Bonchev–Trinajstić information content (AvgIpc) is 2.71. The molecule has 0 aliphatic carbocycles. The molecule has 28 heavy (non-hydrogen) atoms. The number of aromatic nitrogens is 1.